The highest BCUT2D eigenvalue weighted by atomic mass is 16.5. The molecule has 0 aliphatic carbocycles. The van der Waals surface area contributed by atoms with Crippen molar-refractivity contribution >= 4 is 5.91 Å². The number of amides is 1. The zero-order chi connectivity index (χ0) is 12.8. The molecule has 5 heteroatoms. The fraction of sp³-hybridized carbons (Fsp3) is 0.917. The van der Waals surface area contributed by atoms with E-state index in [1.54, 1.807) is 0 Å². The molecule has 1 aliphatic heterocycles. The Morgan fingerprint density at radius 3 is 2.82 bits per heavy atom. The highest BCUT2D eigenvalue weighted by Gasteiger charge is 2.26. The van der Waals surface area contributed by atoms with Crippen LogP contribution in [0.3, 0.4) is 0 Å². The molecule has 1 aliphatic rings. The van der Waals surface area contributed by atoms with Crippen LogP contribution >= 0.6 is 0 Å². The molecule has 0 aromatic rings. The topological polar surface area (TPSA) is 61.8 Å². The summed E-state index contributed by atoms with van der Waals surface area (Å²) in [7, 11) is 1.97. The third kappa shape index (κ3) is 5.02. The van der Waals surface area contributed by atoms with Gasteiger partial charge in [-0.15, -0.1) is 0 Å². The largest absolute Gasteiger partial charge is 0.394 e. The van der Waals surface area contributed by atoms with E-state index in [2.05, 4.69) is 24.1 Å². The SMILES string of the molecule is CC(C)C[C@H](CO)NC(=O)[C@@H]1CN(C)CCO1. The number of aliphatic hydroxyl groups excluding tert-OH is 1. The molecule has 1 saturated heterocycles. The quantitative estimate of drug-likeness (QED) is 0.705. The van der Waals surface area contributed by atoms with E-state index in [1.807, 2.05) is 7.05 Å². The summed E-state index contributed by atoms with van der Waals surface area (Å²) < 4.78 is 5.43. The summed E-state index contributed by atoms with van der Waals surface area (Å²) >= 11 is 0. The Morgan fingerprint density at radius 1 is 1.59 bits per heavy atom. The molecule has 0 spiro atoms. The van der Waals surface area contributed by atoms with E-state index in [0.717, 1.165) is 13.0 Å². The first-order valence-corrected chi connectivity index (χ1v) is 6.24. The van der Waals surface area contributed by atoms with Crippen LogP contribution < -0.4 is 5.32 Å². The molecule has 100 valence electrons. The van der Waals surface area contributed by atoms with Crippen molar-refractivity contribution in [3.8, 4) is 0 Å². The number of carbonyl (C=O) groups is 1. The highest BCUT2D eigenvalue weighted by molar-refractivity contribution is 5.81. The normalized spacial score (nSPS) is 23.7. The van der Waals surface area contributed by atoms with E-state index in [-0.39, 0.29) is 18.6 Å². The number of carbonyl (C=O) groups excluding carboxylic acids is 1. The zero-order valence-corrected chi connectivity index (χ0v) is 11.0. The fourth-order valence-corrected chi connectivity index (χ4v) is 1.98. The number of morpholine rings is 1. The van der Waals surface area contributed by atoms with Crippen molar-refractivity contribution in [1.29, 1.82) is 0 Å². The van der Waals surface area contributed by atoms with E-state index in [0.29, 0.717) is 19.1 Å². The van der Waals surface area contributed by atoms with Crippen LogP contribution in [0.1, 0.15) is 20.3 Å². The Hall–Kier alpha value is -0.650. The molecule has 1 fully saturated rings. The molecule has 1 heterocycles. The zero-order valence-electron chi connectivity index (χ0n) is 11.0. The summed E-state index contributed by atoms with van der Waals surface area (Å²) in [6.45, 7) is 6.18. The Bertz CT molecular complexity index is 246. The molecule has 0 aromatic heterocycles. The average molecular weight is 244 g/mol. The van der Waals surface area contributed by atoms with Gasteiger partial charge in [0.15, 0.2) is 0 Å². The summed E-state index contributed by atoms with van der Waals surface area (Å²) in [5, 5.41) is 12.1. The van der Waals surface area contributed by atoms with Crippen LogP contribution in [0.4, 0.5) is 0 Å². The molecular formula is C12H24N2O3. The van der Waals surface area contributed by atoms with E-state index in [9.17, 15) is 9.90 Å². The predicted octanol–water partition coefficient (Wildman–Crippen LogP) is -0.160. The van der Waals surface area contributed by atoms with Crippen molar-refractivity contribution in [2.45, 2.75) is 32.4 Å². The summed E-state index contributed by atoms with van der Waals surface area (Å²) in [5.74, 6) is 0.332. The second-order valence-electron chi connectivity index (χ2n) is 5.14. The van der Waals surface area contributed by atoms with Crippen LogP contribution in [0.25, 0.3) is 0 Å². The number of aliphatic hydroxyl groups is 1. The number of rotatable bonds is 5. The molecule has 2 atom stereocenters. The van der Waals surface area contributed by atoms with Crippen molar-refractivity contribution in [2.24, 2.45) is 5.92 Å². The smallest absolute Gasteiger partial charge is 0.250 e. The Kier molecular flexibility index (Phi) is 5.88. The fourth-order valence-electron chi connectivity index (χ4n) is 1.98. The van der Waals surface area contributed by atoms with Gasteiger partial charge in [0.05, 0.1) is 19.3 Å². The van der Waals surface area contributed by atoms with E-state index in [4.69, 9.17) is 4.74 Å². The molecule has 0 radical (unpaired) electrons. The van der Waals surface area contributed by atoms with Gasteiger partial charge in [-0.25, -0.2) is 0 Å². The Morgan fingerprint density at radius 2 is 2.29 bits per heavy atom. The minimum atomic E-state index is -0.407. The van der Waals surface area contributed by atoms with Gasteiger partial charge in [-0.3, -0.25) is 4.79 Å². The lowest BCUT2D eigenvalue weighted by atomic mass is 10.0. The minimum Gasteiger partial charge on any atom is -0.394 e. The van der Waals surface area contributed by atoms with Crippen LogP contribution in [0, 0.1) is 5.92 Å². The number of hydrogen-bond acceptors (Lipinski definition) is 4. The molecule has 1 amide bonds. The van der Waals surface area contributed by atoms with Crippen LogP contribution in [-0.4, -0.2) is 61.4 Å². The van der Waals surface area contributed by atoms with Gasteiger partial charge in [0, 0.05) is 13.1 Å². The third-order valence-electron chi connectivity index (χ3n) is 2.88. The molecule has 0 aromatic carbocycles. The summed E-state index contributed by atoms with van der Waals surface area (Å²) in [6.07, 6.45) is 0.375. The molecule has 1 rings (SSSR count). The maximum absolute atomic E-state index is 11.9. The maximum Gasteiger partial charge on any atom is 0.250 e. The molecule has 0 saturated carbocycles. The van der Waals surface area contributed by atoms with Crippen molar-refractivity contribution < 1.29 is 14.6 Å². The molecular weight excluding hydrogens is 220 g/mol. The Balaban J connectivity index is 2.40. The van der Waals surface area contributed by atoms with E-state index < -0.39 is 6.10 Å². The summed E-state index contributed by atoms with van der Waals surface area (Å²) in [6, 6.07) is -0.168. The minimum absolute atomic E-state index is 0.0213. The number of likely N-dealkylation sites (N-methyl/N-ethyl adjacent to an activating group) is 1. The van der Waals surface area contributed by atoms with Gasteiger partial charge in [0.1, 0.15) is 6.10 Å². The number of hydrogen-bond donors (Lipinski definition) is 2. The lowest BCUT2D eigenvalue weighted by Gasteiger charge is -2.30. The first-order chi connectivity index (χ1) is 8.02. The second-order valence-corrected chi connectivity index (χ2v) is 5.14. The first-order valence-electron chi connectivity index (χ1n) is 6.24. The molecule has 2 N–H and O–H groups in total. The number of nitrogens with one attached hydrogen (secondary N) is 1. The van der Waals surface area contributed by atoms with Gasteiger partial charge in [-0.2, -0.15) is 0 Å². The third-order valence-corrected chi connectivity index (χ3v) is 2.88. The molecule has 17 heavy (non-hydrogen) atoms. The van der Waals surface area contributed by atoms with Gasteiger partial charge in [0.25, 0.3) is 5.91 Å². The van der Waals surface area contributed by atoms with Crippen molar-refractivity contribution in [3.05, 3.63) is 0 Å². The average Bonchev–Trinajstić information content (AvgIpc) is 2.27. The van der Waals surface area contributed by atoms with Crippen LogP contribution in [-0.2, 0) is 9.53 Å². The molecule has 5 nitrogen and oxygen atoms in total. The van der Waals surface area contributed by atoms with Crippen LogP contribution in [0.2, 0.25) is 0 Å². The second kappa shape index (κ2) is 6.93. The monoisotopic (exact) mass is 244 g/mol. The highest BCUT2D eigenvalue weighted by Crippen LogP contribution is 2.07. The lowest BCUT2D eigenvalue weighted by molar-refractivity contribution is -0.139. The van der Waals surface area contributed by atoms with Crippen molar-refractivity contribution in [2.75, 3.05) is 33.4 Å². The van der Waals surface area contributed by atoms with Gasteiger partial charge in [-0.05, 0) is 19.4 Å². The van der Waals surface area contributed by atoms with Gasteiger partial charge in [-0.1, -0.05) is 13.8 Å². The lowest BCUT2D eigenvalue weighted by Crippen LogP contribution is -2.51. The Labute approximate surface area is 103 Å². The van der Waals surface area contributed by atoms with Gasteiger partial charge in [0.2, 0.25) is 0 Å². The van der Waals surface area contributed by atoms with Gasteiger partial charge < -0.3 is 20.1 Å². The van der Waals surface area contributed by atoms with Crippen molar-refractivity contribution in [3.63, 3.8) is 0 Å². The maximum atomic E-state index is 11.9. The van der Waals surface area contributed by atoms with Crippen molar-refractivity contribution in [1.82, 2.24) is 10.2 Å². The van der Waals surface area contributed by atoms with Gasteiger partial charge >= 0.3 is 0 Å². The standard InChI is InChI=1S/C12H24N2O3/c1-9(2)6-10(8-15)13-12(16)11-7-14(3)4-5-17-11/h9-11,15H,4-8H2,1-3H3,(H,13,16)/t10-,11+/m1/s1. The molecule has 0 unspecified atom stereocenters. The number of ether oxygens (including phenoxy) is 1. The molecule has 0 bridgehead atoms. The summed E-state index contributed by atoms with van der Waals surface area (Å²) in [4.78, 5) is 14.0. The van der Waals surface area contributed by atoms with Crippen LogP contribution in [0.15, 0.2) is 0 Å². The predicted molar refractivity (Wildman–Crippen MR) is 65.7 cm³/mol. The summed E-state index contributed by atoms with van der Waals surface area (Å²) in [5.41, 5.74) is 0. The number of nitrogens with zero attached hydrogens (tertiary/aromatic N) is 1. The van der Waals surface area contributed by atoms with Crippen LogP contribution in [0.5, 0.6) is 0 Å². The van der Waals surface area contributed by atoms with E-state index >= 15 is 0 Å². The first kappa shape index (κ1) is 14.4. The van der Waals surface area contributed by atoms with E-state index in [1.165, 1.54) is 0 Å².